The first-order valence-electron chi connectivity index (χ1n) is 7.62. The molecule has 3 heterocycles. The summed E-state index contributed by atoms with van der Waals surface area (Å²) < 4.78 is 6.26. The number of amides is 1. The van der Waals surface area contributed by atoms with Crippen LogP contribution in [0.15, 0.2) is 34.4 Å². The second-order valence-electron chi connectivity index (χ2n) is 5.44. The fourth-order valence-corrected chi connectivity index (χ4v) is 3.71. The van der Waals surface area contributed by atoms with Crippen molar-refractivity contribution >= 4 is 17.2 Å². The van der Waals surface area contributed by atoms with Crippen LogP contribution in [-0.4, -0.2) is 40.8 Å². The highest BCUT2D eigenvalue weighted by Gasteiger charge is 2.32. The van der Waals surface area contributed by atoms with Crippen LogP contribution in [0.2, 0.25) is 0 Å². The number of ether oxygens (including phenoxy) is 1. The highest BCUT2D eigenvalue weighted by molar-refractivity contribution is 7.10. The van der Waals surface area contributed by atoms with Crippen LogP contribution in [-0.2, 0) is 11.3 Å². The van der Waals surface area contributed by atoms with E-state index in [2.05, 4.69) is 11.2 Å². The lowest BCUT2D eigenvalue weighted by Crippen LogP contribution is -2.33. The molecule has 1 atom stereocenters. The third kappa shape index (κ3) is 3.35. The molecule has 0 unspecified atom stereocenters. The van der Waals surface area contributed by atoms with Gasteiger partial charge in [0.25, 0.3) is 11.5 Å². The predicted octanol–water partition coefficient (Wildman–Crippen LogP) is 1.93. The SMILES string of the molecule is COCCn1nc(C(=O)N2CCC[C@H]2c2cccs2)ccc1=O. The molecule has 6 nitrogen and oxygen atoms in total. The number of likely N-dealkylation sites (tertiary alicyclic amines) is 1. The van der Waals surface area contributed by atoms with E-state index in [-0.39, 0.29) is 17.5 Å². The van der Waals surface area contributed by atoms with Gasteiger partial charge in [0.2, 0.25) is 0 Å². The molecule has 7 heteroatoms. The van der Waals surface area contributed by atoms with Gasteiger partial charge in [0.05, 0.1) is 19.2 Å². The third-order valence-electron chi connectivity index (χ3n) is 3.98. The van der Waals surface area contributed by atoms with Gasteiger partial charge < -0.3 is 9.64 Å². The second kappa shape index (κ2) is 7.06. The number of thiophene rings is 1. The van der Waals surface area contributed by atoms with Crippen molar-refractivity contribution in [1.82, 2.24) is 14.7 Å². The molecule has 1 fully saturated rings. The van der Waals surface area contributed by atoms with Crippen LogP contribution in [0.5, 0.6) is 0 Å². The predicted molar refractivity (Wildman–Crippen MR) is 87.7 cm³/mol. The Balaban J connectivity index is 1.83. The van der Waals surface area contributed by atoms with E-state index < -0.39 is 0 Å². The van der Waals surface area contributed by atoms with E-state index in [9.17, 15) is 9.59 Å². The van der Waals surface area contributed by atoms with Crippen molar-refractivity contribution in [1.29, 1.82) is 0 Å². The van der Waals surface area contributed by atoms with E-state index in [4.69, 9.17) is 4.74 Å². The molecule has 0 bridgehead atoms. The van der Waals surface area contributed by atoms with E-state index in [1.165, 1.54) is 21.7 Å². The normalized spacial score (nSPS) is 17.6. The molecule has 1 saturated heterocycles. The van der Waals surface area contributed by atoms with Crippen molar-refractivity contribution in [3.8, 4) is 0 Å². The molecule has 23 heavy (non-hydrogen) atoms. The lowest BCUT2D eigenvalue weighted by Gasteiger charge is -2.23. The standard InChI is InChI=1S/C16H19N3O3S/c1-22-10-9-19-15(20)7-6-12(17-19)16(21)18-8-2-4-13(18)14-5-3-11-23-14/h3,5-7,11,13H,2,4,8-10H2,1H3/t13-/m0/s1. The number of carbonyl (C=O) groups excluding carboxylic acids is 1. The van der Waals surface area contributed by atoms with Crippen LogP contribution < -0.4 is 5.56 Å². The minimum absolute atomic E-state index is 0.114. The zero-order valence-corrected chi connectivity index (χ0v) is 13.8. The first kappa shape index (κ1) is 15.9. The lowest BCUT2D eigenvalue weighted by molar-refractivity contribution is 0.0728. The second-order valence-corrected chi connectivity index (χ2v) is 6.42. The van der Waals surface area contributed by atoms with Gasteiger partial charge in [-0.15, -0.1) is 11.3 Å². The van der Waals surface area contributed by atoms with Crippen LogP contribution >= 0.6 is 11.3 Å². The zero-order valence-electron chi connectivity index (χ0n) is 13.0. The number of carbonyl (C=O) groups is 1. The van der Waals surface area contributed by atoms with Gasteiger partial charge in [-0.2, -0.15) is 5.10 Å². The molecule has 0 aliphatic carbocycles. The van der Waals surface area contributed by atoms with Crippen molar-refractivity contribution in [3.63, 3.8) is 0 Å². The summed E-state index contributed by atoms with van der Waals surface area (Å²) in [6.45, 7) is 1.44. The summed E-state index contributed by atoms with van der Waals surface area (Å²) in [4.78, 5) is 27.7. The summed E-state index contributed by atoms with van der Waals surface area (Å²) >= 11 is 1.67. The van der Waals surface area contributed by atoms with Gasteiger partial charge in [-0.3, -0.25) is 9.59 Å². The molecule has 0 aromatic carbocycles. The Labute approximate surface area is 138 Å². The quantitative estimate of drug-likeness (QED) is 0.839. The summed E-state index contributed by atoms with van der Waals surface area (Å²) in [6, 6.07) is 7.09. The molecule has 1 aliphatic heterocycles. The third-order valence-corrected chi connectivity index (χ3v) is 4.95. The molecule has 122 valence electrons. The topological polar surface area (TPSA) is 64.4 Å². The monoisotopic (exact) mass is 333 g/mol. The summed E-state index contributed by atoms with van der Waals surface area (Å²) in [5, 5.41) is 6.23. The van der Waals surface area contributed by atoms with Gasteiger partial charge in [-0.25, -0.2) is 4.68 Å². The van der Waals surface area contributed by atoms with E-state index in [0.29, 0.717) is 18.8 Å². The van der Waals surface area contributed by atoms with Crippen LogP contribution in [0, 0.1) is 0 Å². The fourth-order valence-electron chi connectivity index (χ4n) is 2.83. The molecule has 0 N–H and O–H groups in total. The van der Waals surface area contributed by atoms with Crippen LogP contribution in [0.3, 0.4) is 0 Å². The Morgan fingerprint density at radius 1 is 1.43 bits per heavy atom. The van der Waals surface area contributed by atoms with Gasteiger partial charge >= 0.3 is 0 Å². The van der Waals surface area contributed by atoms with Crippen LogP contribution in [0.4, 0.5) is 0 Å². The van der Waals surface area contributed by atoms with Gasteiger partial charge in [0.15, 0.2) is 0 Å². The molecule has 2 aromatic rings. The minimum Gasteiger partial charge on any atom is -0.383 e. The maximum atomic E-state index is 12.8. The maximum absolute atomic E-state index is 12.8. The van der Waals surface area contributed by atoms with E-state index in [1.807, 2.05) is 16.3 Å². The Morgan fingerprint density at radius 3 is 3.04 bits per heavy atom. The number of nitrogens with zero attached hydrogens (tertiary/aromatic N) is 3. The molecule has 3 rings (SSSR count). The van der Waals surface area contributed by atoms with Crippen LogP contribution in [0.25, 0.3) is 0 Å². The number of hydrogen-bond acceptors (Lipinski definition) is 5. The first-order valence-corrected chi connectivity index (χ1v) is 8.50. The van der Waals surface area contributed by atoms with Gasteiger partial charge in [-0.1, -0.05) is 6.07 Å². The number of rotatable bonds is 5. The van der Waals surface area contributed by atoms with Gasteiger partial charge in [0.1, 0.15) is 5.69 Å². The Hall–Kier alpha value is -1.99. The Kier molecular flexibility index (Phi) is 4.88. The van der Waals surface area contributed by atoms with E-state index >= 15 is 0 Å². The van der Waals surface area contributed by atoms with Crippen molar-refractivity contribution in [2.75, 3.05) is 20.3 Å². The summed E-state index contributed by atoms with van der Waals surface area (Å²) in [7, 11) is 1.57. The van der Waals surface area contributed by atoms with Gasteiger partial charge in [-0.05, 0) is 30.4 Å². The van der Waals surface area contributed by atoms with E-state index in [1.54, 1.807) is 18.4 Å². The van der Waals surface area contributed by atoms with Crippen molar-refractivity contribution in [2.24, 2.45) is 0 Å². The average molecular weight is 333 g/mol. The fraction of sp³-hybridized carbons (Fsp3) is 0.438. The molecule has 1 amide bonds. The minimum atomic E-state index is -0.227. The average Bonchev–Trinajstić information content (AvgIpc) is 3.24. The van der Waals surface area contributed by atoms with Crippen molar-refractivity contribution in [3.05, 3.63) is 50.6 Å². The molecular weight excluding hydrogens is 314 g/mol. The summed E-state index contributed by atoms with van der Waals surface area (Å²) in [5.41, 5.74) is 0.0824. The van der Waals surface area contributed by atoms with Gasteiger partial charge in [0, 0.05) is 24.6 Å². The Bertz CT molecular complexity index is 726. The smallest absolute Gasteiger partial charge is 0.274 e. The first-order chi connectivity index (χ1) is 11.2. The highest BCUT2D eigenvalue weighted by atomic mass is 32.1. The maximum Gasteiger partial charge on any atom is 0.274 e. The van der Waals surface area contributed by atoms with Crippen LogP contribution in [0.1, 0.15) is 34.2 Å². The van der Waals surface area contributed by atoms with E-state index in [0.717, 1.165) is 19.4 Å². The Morgan fingerprint density at radius 2 is 2.30 bits per heavy atom. The summed E-state index contributed by atoms with van der Waals surface area (Å²) in [5.74, 6) is -0.118. The van der Waals surface area contributed by atoms with Crippen molar-refractivity contribution < 1.29 is 9.53 Å². The molecule has 0 saturated carbocycles. The molecule has 1 aliphatic rings. The number of methoxy groups -OCH3 is 1. The molecule has 0 radical (unpaired) electrons. The molecule has 0 spiro atoms. The highest BCUT2D eigenvalue weighted by Crippen LogP contribution is 2.35. The zero-order chi connectivity index (χ0) is 16.2. The molecule has 2 aromatic heterocycles. The largest absolute Gasteiger partial charge is 0.383 e. The number of hydrogen-bond donors (Lipinski definition) is 0. The lowest BCUT2D eigenvalue weighted by atomic mass is 10.2. The molecular formula is C16H19N3O3S. The van der Waals surface area contributed by atoms with Crippen molar-refractivity contribution in [2.45, 2.75) is 25.4 Å². The number of aromatic nitrogens is 2. The summed E-state index contributed by atoms with van der Waals surface area (Å²) in [6.07, 6.45) is 1.95.